The fourth-order valence-electron chi connectivity index (χ4n) is 5.16. The van der Waals surface area contributed by atoms with Crippen molar-refractivity contribution in [3.05, 3.63) is 22.4 Å². The number of nitrogens with two attached hydrogens (primary N) is 2. The van der Waals surface area contributed by atoms with Crippen LogP contribution in [0.5, 0.6) is 0 Å². The minimum atomic E-state index is -4.19. The highest BCUT2D eigenvalue weighted by molar-refractivity contribution is 8.02. The van der Waals surface area contributed by atoms with Crippen LogP contribution in [0.15, 0.2) is 22.4 Å². The van der Waals surface area contributed by atoms with Crippen LogP contribution in [0.4, 0.5) is 0 Å². The molecule has 2 aliphatic rings. The van der Waals surface area contributed by atoms with Gasteiger partial charge in [0.05, 0.1) is 28.7 Å². The Kier molecular flexibility index (Phi) is 14.3. The maximum Gasteiger partial charge on any atom is 0.322 e. The third kappa shape index (κ3) is 9.57. The Morgan fingerprint density at radius 3 is 2.43 bits per heavy atom. The van der Waals surface area contributed by atoms with Crippen molar-refractivity contribution in [1.82, 2.24) is 20.9 Å². The molecule has 0 spiro atoms. The van der Waals surface area contributed by atoms with Crippen LogP contribution in [0.25, 0.3) is 0 Å². The molecule has 1 aliphatic carbocycles. The van der Waals surface area contributed by atoms with Crippen molar-refractivity contribution in [1.29, 1.82) is 0 Å². The van der Waals surface area contributed by atoms with Crippen molar-refractivity contribution in [2.45, 2.75) is 68.5 Å². The Morgan fingerprint density at radius 2 is 1.87 bits per heavy atom. The molecule has 10 N–H and O–H groups in total. The van der Waals surface area contributed by atoms with E-state index in [0.717, 1.165) is 32.0 Å². The number of likely N-dealkylation sites (N-methyl/N-ethyl adjacent to an activating group) is 1. The van der Waals surface area contributed by atoms with Gasteiger partial charge in [-0.2, -0.15) is 0 Å². The summed E-state index contributed by atoms with van der Waals surface area (Å²) in [5.41, 5.74) is 8.66. The van der Waals surface area contributed by atoms with E-state index in [1.807, 2.05) is 6.92 Å². The summed E-state index contributed by atoms with van der Waals surface area (Å²) in [4.78, 5) is 63.2. The number of hydrogen-bond acceptors (Lipinski definition) is 13. The van der Waals surface area contributed by atoms with Crippen LogP contribution in [-0.2, 0) is 38.5 Å². The molecular weight excluding hydrogens is 648 g/mol. The third-order valence-electron chi connectivity index (χ3n) is 7.74. The van der Waals surface area contributed by atoms with Crippen molar-refractivity contribution < 1.29 is 52.4 Å². The molecule has 0 bridgehead atoms. The van der Waals surface area contributed by atoms with Gasteiger partial charge in [-0.05, 0) is 32.4 Å². The number of methoxy groups -OCH3 is 1. The lowest BCUT2D eigenvalue weighted by molar-refractivity contribution is -0.139. The highest BCUT2D eigenvalue weighted by Gasteiger charge is 2.56. The zero-order chi connectivity index (χ0) is 34.8. The second-order valence-electron chi connectivity index (χ2n) is 10.8. The van der Waals surface area contributed by atoms with Crippen LogP contribution in [0, 0.1) is 0 Å². The van der Waals surface area contributed by atoms with Crippen LogP contribution in [0.1, 0.15) is 39.5 Å². The number of nitrogens with one attached hydrogen (secondary N) is 3. The van der Waals surface area contributed by atoms with Gasteiger partial charge in [-0.1, -0.05) is 13.8 Å². The summed E-state index contributed by atoms with van der Waals surface area (Å²) in [5.74, 6) is -6.79. The van der Waals surface area contributed by atoms with E-state index in [4.69, 9.17) is 26.4 Å². The first-order valence-electron chi connectivity index (χ1n) is 14.6. The molecule has 0 radical (unpaired) electrons. The monoisotopic (exact) mass is 692 g/mol. The molecule has 1 heterocycles. The van der Waals surface area contributed by atoms with Gasteiger partial charge in [0.15, 0.2) is 9.84 Å². The van der Waals surface area contributed by atoms with E-state index in [2.05, 4.69) is 20.9 Å². The third-order valence-corrected chi connectivity index (χ3v) is 11.2. The van der Waals surface area contributed by atoms with Crippen molar-refractivity contribution >= 4 is 51.3 Å². The number of carboxylic acid groups (broad SMARTS) is 2. The standard InChI is InChI=1S/C27H44N6O11S2/c1-4-33-10-6-7-15(33)12-31-26(40)27(41)19(44-3)11-17(29)22(46(42,43)5-2)23(27)45-14-18(24(37)30-13-21(35)36)32-20(34)9-8-16(28)25(38)39/h11,15-16,18,23,41H,4-10,12-14,28-29H2,1-3H3,(H,30,37)(H,31,40)(H,32,34)(H,35,36)(H,38,39). The molecule has 1 saturated heterocycles. The van der Waals surface area contributed by atoms with Crippen LogP contribution >= 0.6 is 11.8 Å². The summed E-state index contributed by atoms with van der Waals surface area (Å²) in [6.45, 7) is 4.22. The minimum absolute atomic E-state index is 0.0200. The van der Waals surface area contributed by atoms with Gasteiger partial charge in [-0.3, -0.25) is 28.9 Å². The van der Waals surface area contributed by atoms with Gasteiger partial charge in [0.25, 0.3) is 5.91 Å². The number of amides is 3. The van der Waals surface area contributed by atoms with Gasteiger partial charge < -0.3 is 47.5 Å². The summed E-state index contributed by atoms with van der Waals surface area (Å²) in [6, 6.07) is -2.91. The number of likely N-dealkylation sites (tertiary alicyclic amines) is 1. The Balaban J connectivity index is 2.47. The molecule has 0 aromatic heterocycles. The normalized spacial score (nSPS) is 23.2. The number of carboxylic acids is 2. The van der Waals surface area contributed by atoms with Gasteiger partial charge >= 0.3 is 11.9 Å². The molecule has 3 amide bonds. The van der Waals surface area contributed by atoms with E-state index in [1.165, 1.54) is 14.0 Å². The number of rotatable bonds is 18. The van der Waals surface area contributed by atoms with Crippen LogP contribution in [0.3, 0.4) is 0 Å². The number of aliphatic hydroxyl groups is 1. The molecule has 0 saturated carbocycles. The first-order chi connectivity index (χ1) is 21.5. The number of thioether (sulfide) groups is 1. The molecule has 5 atom stereocenters. The predicted octanol–water partition coefficient (Wildman–Crippen LogP) is -2.55. The van der Waals surface area contributed by atoms with E-state index >= 15 is 0 Å². The van der Waals surface area contributed by atoms with Crippen molar-refractivity contribution in [2.75, 3.05) is 44.8 Å². The number of aliphatic carboxylic acids is 2. The van der Waals surface area contributed by atoms with Crippen molar-refractivity contribution in [3.8, 4) is 0 Å². The topological polar surface area (TPSA) is 281 Å². The molecule has 17 nitrogen and oxygen atoms in total. The molecule has 1 aliphatic heterocycles. The van der Waals surface area contributed by atoms with Gasteiger partial charge in [-0.15, -0.1) is 11.8 Å². The first kappa shape index (κ1) is 38.8. The zero-order valence-electron chi connectivity index (χ0n) is 26.0. The fourth-order valence-corrected chi connectivity index (χ4v) is 8.40. The average molecular weight is 693 g/mol. The summed E-state index contributed by atoms with van der Waals surface area (Å²) in [7, 11) is -3.02. The number of ether oxygens (including phenoxy) is 1. The van der Waals surface area contributed by atoms with E-state index in [-0.39, 0.29) is 30.5 Å². The fraction of sp³-hybridized carbons (Fsp3) is 0.667. The predicted molar refractivity (Wildman–Crippen MR) is 168 cm³/mol. The summed E-state index contributed by atoms with van der Waals surface area (Å²) < 4.78 is 32.0. The Morgan fingerprint density at radius 1 is 1.20 bits per heavy atom. The van der Waals surface area contributed by atoms with Gasteiger partial charge in [0.1, 0.15) is 24.4 Å². The molecule has 0 aromatic carbocycles. The molecule has 2 rings (SSSR count). The lowest BCUT2D eigenvalue weighted by Crippen LogP contribution is -2.60. The van der Waals surface area contributed by atoms with E-state index in [9.17, 15) is 37.5 Å². The van der Waals surface area contributed by atoms with Crippen molar-refractivity contribution in [2.24, 2.45) is 11.5 Å². The molecule has 0 aromatic rings. The van der Waals surface area contributed by atoms with Gasteiger partial charge in [0, 0.05) is 30.8 Å². The number of carbonyl (C=O) groups excluding carboxylic acids is 3. The van der Waals surface area contributed by atoms with Crippen LogP contribution < -0.4 is 27.4 Å². The van der Waals surface area contributed by atoms with Crippen LogP contribution in [0.2, 0.25) is 0 Å². The van der Waals surface area contributed by atoms with Crippen LogP contribution in [-0.4, -0.2) is 132 Å². The maximum absolute atomic E-state index is 13.8. The second-order valence-corrected chi connectivity index (χ2v) is 14.1. The molecule has 46 heavy (non-hydrogen) atoms. The lowest BCUT2D eigenvalue weighted by Gasteiger charge is -2.40. The highest BCUT2D eigenvalue weighted by Crippen LogP contribution is 2.43. The maximum atomic E-state index is 13.8. The zero-order valence-corrected chi connectivity index (χ0v) is 27.6. The second kappa shape index (κ2) is 17.0. The molecular formula is C27H44N6O11S2. The summed E-state index contributed by atoms with van der Waals surface area (Å²) in [6.07, 6.45) is 2.07. The summed E-state index contributed by atoms with van der Waals surface area (Å²) in [5, 5.41) is 35.6. The minimum Gasteiger partial charge on any atom is -0.497 e. The Hall–Kier alpha value is -3.39. The quantitative estimate of drug-likeness (QED) is 0.0734. The molecule has 260 valence electrons. The van der Waals surface area contributed by atoms with E-state index in [1.54, 1.807) is 0 Å². The lowest BCUT2D eigenvalue weighted by atomic mass is 9.89. The Labute approximate surface area is 271 Å². The van der Waals surface area contributed by atoms with Gasteiger partial charge in [0.2, 0.25) is 17.4 Å². The number of allylic oxidation sites excluding steroid dienone is 1. The largest absolute Gasteiger partial charge is 0.497 e. The first-order valence-corrected chi connectivity index (χ1v) is 17.4. The molecule has 19 heteroatoms. The van der Waals surface area contributed by atoms with Gasteiger partial charge in [-0.25, -0.2) is 8.42 Å². The smallest absolute Gasteiger partial charge is 0.322 e. The SMILES string of the molecule is CCN1CCCC1CNC(=O)C1(O)C(OC)=CC(N)=C(S(=O)(=O)CC)C1SCC(NC(=O)CCC(N)C(=O)O)C(=O)NCC(=O)O. The Bertz CT molecular complexity index is 1340. The summed E-state index contributed by atoms with van der Waals surface area (Å²) >= 11 is 0.610. The number of hydrogen-bond donors (Lipinski definition) is 8. The number of sulfone groups is 1. The highest BCUT2D eigenvalue weighted by atomic mass is 32.2. The van der Waals surface area contributed by atoms with E-state index in [0.29, 0.717) is 11.8 Å². The number of carbonyl (C=O) groups is 5. The van der Waals surface area contributed by atoms with Crippen molar-refractivity contribution in [3.63, 3.8) is 0 Å². The average Bonchev–Trinajstić information content (AvgIpc) is 3.47. The number of nitrogens with zero attached hydrogens (tertiary/aromatic N) is 1. The molecule has 5 unspecified atom stereocenters. The molecule has 1 fully saturated rings. The van der Waals surface area contributed by atoms with E-state index < -0.39 is 91.8 Å².